The zero-order valence-corrected chi connectivity index (χ0v) is 16.7. The van der Waals surface area contributed by atoms with E-state index in [1.807, 2.05) is 25.3 Å². The molecule has 1 aromatic carbocycles. The predicted molar refractivity (Wildman–Crippen MR) is 99.0 cm³/mol. The summed E-state index contributed by atoms with van der Waals surface area (Å²) in [6, 6.07) is 4.87. The van der Waals surface area contributed by atoms with Gasteiger partial charge in [0.2, 0.25) is 0 Å². The second kappa shape index (κ2) is 7.34. The summed E-state index contributed by atoms with van der Waals surface area (Å²) in [6.45, 7) is 7.45. The van der Waals surface area contributed by atoms with Gasteiger partial charge >= 0.3 is 6.09 Å². The van der Waals surface area contributed by atoms with Crippen LogP contribution in [0.4, 0.5) is 9.18 Å². The number of amides is 1. The van der Waals surface area contributed by atoms with E-state index in [0.29, 0.717) is 35.5 Å². The third-order valence-electron chi connectivity index (χ3n) is 4.18. The van der Waals surface area contributed by atoms with Crippen LogP contribution in [0.15, 0.2) is 29.0 Å². The van der Waals surface area contributed by atoms with Crippen molar-refractivity contribution < 1.29 is 13.9 Å². The summed E-state index contributed by atoms with van der Waals surface area (Å²) in [4.78, 5) is 13.9. The minimum Gasteiger partial charge on any atom is -0.444 e. The van der Waals surface area contributed by atoms with Crippen LogP contribution in [0.25, 0.3) is 11.4 Å². The normalized spacial score (nSPS) is 17.6. The lowest BCUT2D eigenvalue weighted by atomic mass is 10.1. The molecule has 3 rings (SSSR count). The van der Waals surface area contributed by atoms with Crippen molar-refractivity contribution in [3.05, 3.63) is 34.8 Å². The van der Waals surface area contributed by atoms with Crippen LogP contribution in [0.2, 0.25) is 0 Å². The highest BCUT2D eigenvalue weighted by Gasteiger charge is 2.30. The lowest BCUT2D eigenvalue weighted by Crippen LogP contribution is -2.35. The van der Waals surface area contributed by atoms with Crippen molar-refractivity contribution in [1.82, 2.24) is 19.7 Å². The van der Waals surface area contributed by atoms with Crippen molar-refractivity contribution in [3.63, 3.8) is 0 Å². The Morgan fingerprint density at radius 1 is 1.42 bits per heavy atom. The number of halogens is 2. The van der Waals surface area contributed by atoms with Gasteiger partial charge in [-0.2, -0.15) is 0 Å². The average Bonchev–Trinajstić information content (AvgIpc) is 3.16. The van der Waals surface area contributed by atoms with Gasteiger partial charge in [-0.3, -0.25) is 0 Å². The first-order chi connectivity index (χ1) is 12.2. The SMILES string of the molecule is CC(C)(C)OC(=O)N1CC[C@@H](Cn2cnnc2-c2ccc(Br)cc2F)C1. The zero-order chi connectivity index (χ0) is 18.9. The van der Waals surface area contributed by atoms with Gasteiger partial charge in [-0.1, -0.05) is 15.9 Å². The van der Waals surface area contributed by atoms with Gasteiger partial charge in [0, 0.05) is 24.1 Å². The van der Waals surface area contributed by atoms with Gasteiger partial charge in [0.25, 0.3) is 0 Å². The number of hydrogen-bond donors (Lipinski definition) is 0. The molecule has 1 atom stereocenters. The second-order valence-corrected chi connectivity index (χ2v) is 8.43. The minimum absolute atomic E-state index is 0.246. The fraction of sp³-hybridized carbons (Fsp3) is 0.500. The Kier molecular flexibility index (Phi) is 5.32. The van der Waals surface area contributed by atoms with Crippen LogP contribution in [0.1, 0.15) is 27.2 Å². The number of ether oxygens (including phenoxy) is 1. The van der Waals surface area contributed by atoms with Crippen LogP contribution in [0.3, 0.4) is 0 Å². The van der Waals surface area contributed by atoms with Crippen LogP contribution in [-0.4, -0.2) is 44.4 Å². The number of nitrogens with zero attached hydrogens (tertiary/aromatic N) is 4. The summed E-state index contributed by atoms with van der Waals surface area (Å²) in [5.74, 6) is 0.386. The summed E-state index contributed by atoms with van der Waals surface area (Å²) in [7, 11) is 0. The Labute approximate surface area is 160 Å². The van der Waals surface area contributed by atoms with E-state index in [9.17, 15) is 9.18 Å². The van der Waals surface area contributed by atoms with Gasteiger partial charge in [-0.15, -0.1) is 10.2 Å². The molecule has 0 aliphatic carbocycles. The van der Waals surface area contributed by atoms with Crippen LogP contribution >= 0.6 is 15.9 Å². The van der Waals surface area contributed by atoms with E-state index in [2.05, 4.69) is 26.1 Å². The Hall–Kier alpha value is -1.96. The maximum Gasteiger partial charge on any atom is 0.410 e. The molecule has 0 saturated carbocycles. The monoisotopic (exact) mass is 424 g/mol. The second-order valence-electron chi connectivity index (χ2n) is 7.51. The average molecular weight is 425 g/mol. The summed E-state index contributed by atoms with van der Waals surface area (Å²) in [5, 5.41) is 8.01. The highest BCUT2D eigenvalue weighted by molar-refractivity contribution is 9.10. The molecule has 1 aromatic heterocycles. The summed E-state index contributed by atoms with van der Waals surface area (Å²) >= 11 is 3.26. The fourth-order valence-corrected chi connectivity index (χ4v) is 3.35. The smallest absolute Gasteiger partial charge is 0.410 e. The van der Waals surface area contributed by atoms with E-state index in [-0.39, 0.29) is 17.8 Å². The molecular formula is C18H22BrFN4O2. The number of carbonyl (C=O) groups is 1. The van der Waals surface area contributed by atoms with Crippen molar-refractivity contribution in [2.24, 2.45) is 5.92 Å². The third kappa shape index (κ3) is 4.41. The van der Waals surface area contributed by atoms with Gasteiger partial charge in [0.1, 0.15) is 17.7 Å². The third-order valence-corrected chi connectivity index (χ3v) is 4.67. The Morgan fingerprint density at radius 2 is 2.19 bits per heavy atom. The van der Waals surface area contributed by atoms with Crippen molar-refractivity contribution in [2.45, 2.75) is 39.3 Å². The molecule has 1 aliphatic rings. The van der Waals surface area contributed by atoms with Crippen LogP contribution in [0.5, 0.6) is 0 Å². The molecular weight excluding hydrogens is 403 g/mol. The molecule has 0 bridgehead atoms. The standard InChI is InChI=1S/C18H22BrFN4O2/c1-18(2,3)26-17(25)23-7-6-12(9-23)10-24-11-21-22-16(24)14-5-4-13(19)8-15(14)20/h4-5,8,11-12H,6-7,9-10H2,1-3H3/t12-/m1/s1. The highest BCUT2D eigenvalue weighted by atomic mass is 79.9. The van der Waals surface area contributed by atoms with Crippen LogP contribution < -0.4 is 0 Å². The first-order valence-electron chi connectivity index (χ1n) is 8.54. The molecule has 2 aromatic rings. The molecule has 1 amide bonds. The van der Waals surface area contributed by atoms with E-state index in [0.717, 1.165) is 6.42 Å². The summed E-state index contributed by atoms with van der Waals surface area (Å²) in [6.07, 6.45) is 2.18. The molecule has 2 heterocycles. The molecule has 1 saturated heterocycles. The number of rotatable bonds is 3. The Balaban J connectivity index is 1.68. The molecule has 0 spiro atoms. The molecule has 8 heteroatoms. The number of benzene rings is 1. The minimum atomic E-state index is -0.504. The number of aromatic nitrogens is 3. The summed E-state index contributed by atoms with van der Waals surface area (Å²) in [5.41, 5.74) is -0.0943. The van der Waals surface area contributed by atoms with E-state index >= 15 is 0 Å². The van der Waals surface area contributed by atoms with Crippen molar-refractivity contribution in [1.29, 1.82) is 0 Å². The zero-order valence-electron chi connectivity index (χ0n) is 15.1. The van der Waals surface area contributed by atoms with Crippen molar-refractivity contribution in [3.8, 4) is 11.4 Å². The van der Waals surface area contributed by atoms with Gasteiger partial charge < -0.3 is 14.2 Å². The predicted octanol–water partition coefficient (Wildman–Crippen LogP) is 4.10. The first-order valence-corrected chi connectivity index (χ1v) is 9.33. The molecule has 0 radical (unpaired) electrons. The quantitative estimate of drug-likeness (QED) is 0.743. The Morgan fingerprint density at radius 3 is 2.88 bits per heavy atom. The molecule has 1 aliphatic heterocycles. The lowest BCUT2D eigenvalue weighted by Gasteiger charge is -2.24. The van der Waals surface area contributed by atoms with E-state index in [1.54, 1.807) is 23.4 Å². The maximum atomic E-state index is 14.3. The molecule has 1 fully saturated rings. The van der Waals surface area contributed by atoms with Crippen LogP contribution in [0, 0.1) is 11.7 Å². The summed E-state index contributed by atoms with van der Waals surface area (Å²) < 4.78 is 22.2. The van der Waals surface area contributed by atoms with Gasteiger partial charge in [0.05, 0.1) is 5.56 Å². The van der Waals surface area contributed by atoms with Gasteiger partial charge in [-0.25, -0.2) is 9.18 Å². The molecule has 6 nitrogen and oxygen atoms in total. The van der Waals surface area contributed by atoms with E-state index in [4.69, 9.17) is 4.74 Å². The Bertz CT molecular complexity index is 803. The maximum absolute atomic E-state index is 14.3. The largest absolute Gasteiger partial charge is 0.444 e. The van der Waals surface area contributed by atoms with Crippen molar-refractivity contribution in [2.75, 3.05) is 13.1 Å². The molecule has 0 N–H and O–H groups in total. The van der Waals surface area contributed by atoms with Gasteiger partial charge in [0.15, 0.2) is 5.82 Å². The van der Waals surface area contributed by atoms with Gasteiger partial charge in [-0.05, 0) is 51.3 Å². The van der Waals surface area contributed by atoms with Crippen LogP contribution in [-0.2, 0) is 11.3 Å². The fourth-order valence-electron chi connectivity index (χ4n) is 3.02. The highest BCUT2D eigenvalue weighted by Crippen LogP contribution is 2.26. The molecule has 140 valence electrons. The topological polar surface area (TPSA) is 60.2 Å². The van der Waals surface area contributed by atoms with E-state index < -0.39 is 5.60 Å². The molecule has 26 heavy (non-hydrogen) atoms. The van der Waals surface area contributed by atoms with Crippen molar-refractivity contribution >= 4 is 22.0 Å². The first kappa shape index (κ1) is 18.8. The van der Waals surface area contributed by atoms with E-state index in [1.165, 1.54) is 6.07 Å². The molecule has 0 unspecified atom stereocenters. The number of hydrogen-bond acceptors (Lipinski definition) is 4. The lowest BCUT2D eigenvalue weighted by molar-refractivity contribution is 0.0287. The number of carbonyl (C=O) groups excluding carboxylic acids is 1. The number of likely N-dealkylation sites (tertiary alicyclic amines) is 1.